The lowest BCUT2D eigenvalue weighted by Crippen LogP contribution is -2.50. The van der Waals surface area contributed by atoms with Crippen molar-refractivity contribution in [2.75, 3.05) is 41.0 Å². The molecule has 0 heterocycles. The Morgan fingerprint density at radius 3 is 1.30 bits per heavy atom. The van der Waals surface area contributed by atoms with Gasteiger partial charge in [-0.15, -0.1) is 0 Å². The topological polar surface area (TPSA) is 99.1 Å². The number of aliphatic carboxylic acids is 1. The molecule has 8 heteroatoms. The number of hydrogen-bond acceptors (Lipinski definition) is 6. The van der Waals surface area contributed by atoms with Crippen molar-refractivity contribution in [3.8, 4) is 0 Å². The molecule has 0 aromatic rings. The van der Waals surface area contributed by atoms with E-state index < -0.39 is 18.1 Å². The van der Waals surface area contributed by atoms with Gasteiger partial charge in [0.1, 0.15) is 6.61 Å². The summed E-state index contributed by atoms with van der Waals surface area (Å²) < 4.78 is 17.4. The summed E-state index contributed by atoms with van der Waals surface area (Å²) in [5.41, 5.74) is 0. The Balaban J connectivity index is 4.18. The summed E-state index contributed by atoms with van der Waals surface area (Å²) in [5.74, 6) is -1.45. The number of ether oxygens (including phenoxy) is 3. The molecule has 64 heavy (non-hydrogen) atoms. The molecule has 2 atom stereocenters. The van der Waals surface area contributed by atoms with Crippen LogP contribution in [0, 0.1) is 0 Å². The number of esters is 2. The zero-order chi connectivity index (χ0) is 47.0. The summed E-state index contributed by atoms with van der Waals surface area (Å²) >= 11 is 0. The quantitative estimate of drug-likeness (QED) is 0.0281. The number of nitrogens with zero attached hydrogens (tertiary/aromatic N) is 1. The minimum atomic E-state index is -0.872. The van der Waals surface area contributed by atoms with E-state index in [9.17, 15) is 19.5 Å². The first-order valence-electron chi connectivity index (χ1n) is 27.0. The summed E-state index contributed by atoms with van der Waals surface area (Å²) in [6.45, 7) is 4.67. The third-order valence-corrected chi connectivity index (χ3v) is 12.3. The lowest BCUT2D eigenvalue weighted by atomic mass is 10.0. The number of carbonyl (C=O) groups excluding carboxylic acids is 2. The van der Waals surface area contributed by atoms with Gasteiger partial charge in [-0.1, -0.05) is 224 Å². The summed E-state index contributed by atoms with van der Waals surface area (Å²) in [5, 5.41) is 9.66. The minimum Gasteiger partial charge on any atom is -0.477 e. The molecule has 0 bridgehead atoms. The number of carboxylic acid groups (broad SMARTS) is 1. The molecule has 0 aliphatic carbocycles. The van der Waals surface area contributed by atoms with Crippen molar-refractivity contribution in [2.45, 2.75) is 264 Å². The molecule has 0 saturated heterocycles. The van der Waals surface area contributed by atoms with Crippen molar-refractivity contribution < 1.29 is 38.2 Å². The first-order valence-corrected chi connectivity index (χ1v) is 27.0. The molecule has 0 saturated carbocycles. The van der Waals surface area contributed by atoms with Crippen molar-refractivity contribution in [2.24, 2.45) is 0 Å². The largest absolute Gasteiger partial charge is 0.477 e. The zero-order valence-electron chi connectivity index (χ0n) is 42.7. The zero-order valence-corrected chi connectivity index (χ0v) is 42.7. The van der Waals surface area contributed by atoms with E-state index in [2.05, 4.69) is 50.3 Å². The third kappa shape index (κ3) is 44.7. The second-order valence-electron chi connectivity index (χ2n) is 19.5. The van der Waals surface area contributed by atoms with Crippen LogP contribution in [0.5, 0.6) is 0 Å². The highest BCUT2D eigenvalue weighted by atomic mass is 16.6. The van der Waals surface area contributed by atoms with Crippen molar-refractivity contribution in [3.05, 3.63) is 36.5 Å². The Labute approximate surface area is 395 Å². The van der Waals surface area contributed by atoms with E-state index in [0.29, 0.717) is 19.3 Å². The molecule has 0 aromatic carbocycles. The molecule has 0 amide bonds. The molecular weight excluding hydrogens is 799 g/mol. The third-order valence-electron chi connectivity index (χ3n) is 12.3. The van der Waals surface area contributed by atoms with Gasteiger partial charge in [-0.3, -0.25) is 9.59 Å². The van der Waals surface area contributed by atoms with Crippen molar-refractivity contribution >= 4 is 17.9 Å². The van der Waals surface area contributed by atoms with Gasteiger partial charge in [0.15, 0.2) is 12.1 Å². The summed E-state index contributed by atoms with van der Waals surface area (Å²) in [7, 11) is 5.55. The van der Waals surface area contributed by atoms with Crippen LogP contribution in [0.4, 0.5) is 0 Å². The molecule has 0 radical (unpaired) electrons. The number of hydrogen-bond donors (Lipinski definition) is 1. The van der Waals surface area contributed by atoms with Gasteiger partial charge in [0, 0.05) is 19.3 Å². The highest BCUT2D eigenvalue weighted by molar-refractivity contribution is 5.72. The number of rotatable bonds is 49. The number of allylic oxidation sites excluding steroid dienone is 6. The molecule has 8 nitrogen and oxygen atoms in total. The van der Waals surface area contributed by atoms with Crippen molar-refractivity contribution in [1.29, 1.82) is 0 Å². The molecule has 0 aliphatic rings. The maximum atomic E-state index is 12.8. The Kier molecular flexibility index (Phi) is 45.3. The predicted octanol–water partition coefficient (Wildman–Crippen LogP) is 15.8. The minimum absolute atomic E-state index is 0.0493. The van der Waals surface area contributed by atoms with E-state index >= 15 is 0 Å². The second-order valence-corrected chi connectivity index (χ2v) is 19.5. The van der Waals surface area contributed by atoms with Gasteiger partial charge in [-0.05, 0) is 44.9 Å². The number of carboxylic acids is 1. The molecule has 0 aromatic heterocycles. The lowest BCUT2D eigenvalue weighted by molar-refractivity contribution is -0.887. The van der Waals surface area contributed by atoms with Crippen LogP contribution in [0.1, 0.15) is 251 Å². The van der Waals surface area contributed by atoms with Crippen LogP contribution in [0.3, 0.4) is 0 Å². The van der Waals surface area contributed by atoms with Crippen LogP contribution < -0.4 is 0 Å². The summed E-state index contributed by atoms with van der Waals surface area (Å²) in [4.78, 5) is 37.2. The van der Waals surface area contributed by atoms with E-state index in [1.807, 2.05) is 21.1 Å². The van der Waals surface area contributed by atoms with Crippen LogP contribution in [-0.2, 0) is 28.6 Å². The van der Waals surface area contributed by atoms with Gasteiger partial charge >= 0.3 is 17.9 Å². The van der Waals surface area contributed by atoms with E-state index in [0.717, 1.165) is 57.8 Å². The second kappa shape index (κ2) is 47.1. The number of quaternary nitrogens is 1. The fraction of sp³-hybridized carbons (Fsp3) is 0.839. The Morgan fingerprint density at radius 2 is 0.875 bits per heavy atom. The van der Waals surface area contributed by atoms with Crippen LogP contribution in [0.15, 0.2) is 36.5 Å². The standard InChI is InChI=1S/C56H103NO7/c1-6-8-10-12-14-16-18-20-22-24-26-28-30-32-34-36-38-40-42-44-46-54(58)63-51-52(50-62-49-48-53(56(60)61)57(3,4)5)64-55(59)47-45-43-41-39-37-35-33-31-29-27-25-23-21-19-17-15-13-11-9-7-2/h8,10,14,16,20,22,52-53H,6-7,9,11-13,15,17-19,21,23-51H2,1-5H3/p+1/b10-8+,16-14+,22-20+. The van der Waals surface area contributed by atoms with Gasteiger partial charge in [-0.2, -0.15) is 0 Å². The van der Waals surface area contributed by atoms with Crippen LogP contribution >= 0.6 is 0 Å². The molecule has 0 rings (SSSR count). The van der Waals surface area contributed by atoms with Gasteiger partial charge < -0.3 is 23.8 Å². The average molecular weight is 903 g/mol. The van der Waals surface area contributed by atoms with Gasteiger partial charge in [0.2, 0.25) is 0 Å². The Hall–Kier alpha value is -2.45. The fourth-order valence-corrected chi connectivity index (χ4v) is 8.17. The smallest absolute Gasteiger partial charge is 0.362 e. The van der Waals surface area contributed by atoms with Gasteiger partial charge in [0.25, 0.3) is 0 Å². The van der Waals surface area contributed by atoms with E-state index in [-0.39, 0.29) is 36.2 Å². The number of carbonyl (C=O) groups is 3. The average Bonchev–Trinajstić information content (AvgIpc) is 3.26. The molecule has 0 fully saturated rings. The molecule has 0 spiro atoms. The molecule has 2 unspecified atom stereocenters. The van der Waals surface area contributed by atoms with E-state index in [1.165, 1.54) is 161 Å². The monoisotopic (exact) mass is 903 g/mol. The van der Waals surface area contributed by atoms with E-state index in [4.69, 9.17) is 14.2 Å². The Morgan fingerprint density at radius 1 is 0.484 bits per heavy atom. The summed E-state index contributed by atoms with van der Waals surface area (Å²) in [6, 6.07) is -0.614. The van der Waals surface area contributed by atoms with Gasteiger partial charge in [-0.25, -0.2) is 4.79 Å². The number of unbranched alkanes of at least 4 members (excludes halogenated alkanes) is 29. The maximum absolute atomic E-state index is 12.8. The van der Waals surface area contributed by atoms with Crippen LogP contribution in [-0.4, -0.2) is 80.6 Å². The Bertz CT molecular complexity index is 1140. The van der Waals surface area contributed by atoms with Gasteiger partial charge in [0.05, 0.1) is 34.4 Å². The lowest BCUT2D eigenvalue weighted by Gasteiger charge is -2.31. The fourth-order valence-electron chi connectivity index (χ4n) is 8.17. The van der Waals surface area contributed by atoms with Crippen LogP contribution in [0.2, 0.25) is 0 Å². The number of likely N-dealkylation sites (N-methyl/N-ethyl adjacent to an activating group) is 1. The van der Waals surface area contributed by atoms with Crippen molar-refractivity contribution in [3.63, 3.8) is 0 Å². The summed E-state index contributed by atoms with van der Waals surface area (Å²) in [6.07, 6.45) is 56.2. The predicted molar refractivity (Wildman–Crippen MR) is 271 cm³/mol. The van der Waals surface area contributed by atoms with Crippen molar-refractivity contribution in [1.82, 2.24) is 0 Å². The normalized spacial score (nSPS) is 13.1. The highest BCUT2D eigenvalue weighted by Crippen LogP contribution is 2.17. The first-order chi connectivity index (χ1) is 31.1. The molecule has 1 N–H and O–H groups in total. The maximum Gasteiger partial charge on any atom is 0.362 e. The SMILES string of the molecule is CC/C=C/C/C=C/C/C=C/CCCCCCCCCCCCC(=O)OCC(COCCC(C(=O)O)[N+](C)(C)C)OC(=O)CCCCCCCCCCCCCCCCCCCCCC. The molecular formula is C56H104NO7+. The first kappa shape index (κ1) is 61.5. The van der Waals surface area contributed by atoms with Crippen LogP contribution in [0.25, 0.3) is 0 Å². The highest BCUT2D eigenvalue weighted by Gasteiger charge is 2.31. The van der Waals surface area contributed by atoms with E-state index in [1.54, 1.807) is 0 Å². The molecule has 374 valence electrons. The molecule has 0 aliphatic heterocycles.